The maximum absolute atomic E-state index is 4.31. The minimum Gasteiger partial charge on any atom is -0.310 e. The zero-order valence-corrected chi connectivity index (χ0v) is 14.1. The van der Waals surface area contributed by atoms with Crippen molar-refractivity contribution < 1.29 is 0 Å². The van der Waals surface area contributed by atoms with Crippen molar-refractivity contribution >= 4 is 45.2 Å². The van der Waals surface area contributed by atoms with Crippen LogP contribution in [0.5, 0.6) is 0 Å². The van der Waals surface area contributed by atoms with Gasteiger partial charge in [-0.25, -0.2) is 4.98 Å². The van der Waals surface area contributed by atoms with Gasteiger partial charge in [0, 0.05) is 18.3 Å². The molecule has 1 saturated carbocycles. The second-order valence-electron chi connectivity index (χ2n) is 4.52. The van der Waals surface area contributed by atoms with Gasteiger partial charge in [-0.2, -0.15) is 0 Å². The van der Waals surface area contributed by atoms with Crippen molar-refractivity contribution in [2.45, 2.75) is 25.4 Å². The van der Waals surface area contributed by atoms with Crippen LogP contribution < -0.4 is 5.32 Å². The molecule has 0 saturated heterocycles. The molecule has 3 rings (SSSR count). The first-order valence-corrected chi connectivity index (χ1v) is 8.11. The van der Waals surface area contributed by atoms with E-state index in [0.717, 1.165) is 20.0 Å². The van der Waals surface area contributed by atoms with Crippen LogP contribution in [0, 0.1) is 7.40 Å². The molecular weight excluding hydrogens is 452 g/mol. The van der Waals surface area contributed by atoms with Gasteiger partial charge < -0.3 is 5.32 Å². The van der Waals surface area contributed by atoms with Gasteiger partial charge in [-0.15, -0.1) is 0 Å². The molecule has 1 heterocycles. The van der Waals surface area contributed by atoms with Crippen LogP contribution >= 0.6 is 45.2 Å². The summed E-state index contributed by atoms with van der Waals surface area (Å²) in [5, 5.41) is 3.53. The van der Waals surface area contributed by atoms with Crippen molar-refractivity contribution in [2.24, 2.45) is 0 Å². The van der Waals surface area contributed by atoms with Crippen LogP contribution in [0.4, 0.5) is 0 Å². The van der Waals surface area contributed by atoms with Crippen LogP contribution in [-0.2, 0) is 6.54 Å². The highest BCUT2D eigenvalue weighted by Gasteiger charge is 2.19. The Morgan fingerprint density at radius 2 is 1.94 bits per heavy atom. The van der Waals surface area contributed by atoms with Gasteiger partial charge in [0.25, 0.3) is 0 Å². The third kappa shape index (κ3) is 2.88. The van der Waals surface area contributed by atoms with Crippen LogP contribution in [0.2, 0.25) is 0 Å². The summed E-state index contributed by atoms with van der Waals surface area (Å²) in [5.41, 5.74) is 2.51. The molecule has 5 heteroatoms. The minimum atomic E-state index is 0.765. The highest BCUT2D eigenvalue weighted by atomic mass is 127. The summed E-state index contributed by atoms with van der Waals surface area (Å²) >= 11 is 4.58. The Morgan fingerprint density at radius 1 is 1.22 bits per heavy atom. The van der Waals surface area contributed by atoms with E-state index in [1.165, 1.54) is 24.1 Å². The van der Waals surface area contributed by atoms with Crippen molar-refractivity contribution in [3.63, 3.8) is 0 Å². The zero-order valence-electron chi connectivity index (χ0n) is 9.74. The molecule has 3 nitrogen and oxygen atoms in total. The van der Waals surface area contributed by atoms with Gasteiger partial charge in [0.1, 0.15) is 13.7 Å². The number of hydrogen-bond acceptors (Lipinski definition) is 2. The van der Waals surface area contributed by atoms with E-state index in [0.29, 0.717) is 0 Å². The van der Waals surface area contributed by atoms with Gasteiger partial charge in [-0.3, -0.25) is 4.57 Å². The number of hydrogen-bond donors (Lipinski definition) is 1. The summed E-state index contributed by atoms with van der Waals surface area (Å²) in [6.45, 7) is 0.976. The molecule has 18 heavy (non-hydrogen) atoms. The van der Waals surface area contributed by atoms with E-state index in [4.69, 9.17) is 0 Å². The predicted molar refractivity (Wildman–Crippen MR) is 88.9 cm³/mol. The van der Waals surface area contributed by atoms with E-state index in [1.54, 1.807) is 0 Å². The highest BCUT2D eigenvalue weighted by molar-refractivity contribution is 14.1. The lowest BCUT2D eigenvalue weighted by Gasteiger charge is -2.07. The van der Waals surface area contributed by atoms with E-state index < -0.39 is 0 Å². The molecule has 0 bridgehead atoms. The number of benzene rings is 1. The maximum Gasteiger partial charge on any atom is 0.133 e. The molecule has 1 aromatic carbocycles. The van der Waals surface area contributed by atoms with Gasteiger partial charge in [-0.05, 0) is 75.7 Å². The molecule has 0 radical (unpaired) electrons. The summed E-state index contributed by atoms with van der Waals surface area (Å²) in [6, 6.07) is 9.45. The van der Waals surface area contributed by atoms with Crippen molar-refractivity contribution in [1.82, 2.24) is 14.9 Å². The average molecular weight is 465 g/mol. The minimum absolute atomic E-state index is 0.765. The summed E-state index contributed by atoms with van der Waals surface area (Å²) < 4.78 is 4.32. The summed E-state index contributed by atoms with van der Waals surface area (Å²) in [7, 11) is 0. The third-order valence-electron chi connectivity index (χ3n) is 3.06. The number of imidazole rings is 1. The number of nitrogens with one attached hydrogen (secondary N) is 1. The molecular formula is C13H13I2N3. The van der Waals surface area contributed by atoms with Crippen molar-refractivity contribution in [2.75, 3.05) is 0 Å². The Hall–Kier alpha value is -0.150. The lowest BCUT2D eigenvalue weighted by atomic mass is 10.2. The van der Waals surface area contributed by atoms with E-state index in [2.05, 4.69) is 84.3 Å². The van der Waals surface area contributed by atoms with E-state index >= 15 is 0 Å². The standard InChI is InChI=1S/C13H13I2N3/c14-12-13(15)18(8-17-12)11-5-1-9(2-6-11)7-16-10-3-4-10/h1-2,5-6,8,10,16H,3-4,7H2. The molecule has 1 fully saturated rings. The quantitative estimate of drug-likeness (QED) is 0.703. The topological polar surface area (TPSA) is 29.9 Å². The zero-order chi connectivity index (χ0) is 12.5. The third-order valence-corrected chi connectivity index (χ3v) is 5.91. The van der Waals surface area contributed by atoms with Crippen molar-refractivity contribution in [3.05, 3.63) is 43.6 Å². The Labute approximate surface area is 134 Å². The molecule has 0 aliphatic heterocycles. The molecule has 1 aromatic heterocycles. The average Bonchev–Trinajstić information content (AvgIpc) is 3.16. The van der Waals surface area contributed by atoms with E-state index in [9.17, 15) is 0 Å². The summed E-state index contributed by atoms with van der Waals surface area (Å²) in [4.78, 5) is 4.31. The molecule has 2 aromatic rings. The fourth-order valence-electron chi connectivity index (χ4n) is 1.82. The first-order chi connectivity index (χ1) is 8.74. The van der Waals surface area contributed by atoms with Crippen LogP contribution in [-0.4, -0.2) is 15.6 Å². The Morgan fingerprint density at radius 3 is 2.50 bits per heavy atom. The van der Waals surface area contributed by atoms with Crippen LogP contribution in [0.15, 0.2) is 30.6 Å². The monoisotopic (exact) mass is 465 g/mol. The second-order valence-corrected chi connectivity index (χ2v) is 6.56. The largest absolute Gasteiger partial charge is 0.310 e. The molecule has 0 spiro atoms. The Balaban J connectivity index is 1.75. The number of rotatable bonds is 4. The number of halogens is 2. The maximum atomic E-state index is 4.31. The van der Waals surface area contributed by atoms with Gasteiger partial charge in [0.2, 0.25) is 0 Å². The van der Waals surface area contributed by atoms with Crippen LogP contribution in [0.1, 0.15) is 18.4 Å². The normalized spacial score (nSPS) is 15.0. The number of aromatic nitrogens is 2. The van der Waals surface area contributed by atoms with Gasteiger partial charge in [0.15, 0.2) is 0 Å². The van der Waals surface area contributed by atoms with Crippen molar-refractivity contribution in [3.8, 4) is 5.69 Å². The summed E-state index contributed by atoms with van der Waals surface area (Å²) in [5.74, 6) is 0. The van der Waals surface area contributed by atoms with E-state index in [1.807, 2.05) is 6.33 Å². The highest BCUT2D eigenvalue weighted by Crippen LogP contribution is 2.21. The van der Waals surface area contributed by atoms with E-state index in [-0.39, 0.29) is 0 Å². The SMILES string of the molecule is Ic1ncn(-c2ccc(CNC3CC3)cc2)c1I. The molecule has 94 valence electrons. The van der Waals surface area contributed by atoms with Gasteiger partial charge in [-0.1, -0.05) is 12.1 Å². The molecule has 1 aliphatic carbocycles. The van der Waals surface area contributed by atoms with Gasteiger partial charge in [0.05, 0.1) is 0 Å². The Kier molecular flexibility index (Phi) is 3.90. The first kappa shape index (κ1) is 12.9. The second kappa shape index (κ2) is 5.46. The molecule has 0 atom stereocenters. The lowest BCUT2D eigenvalue weighted by molar-refractivity contribution is 0.687. The van der Waals surface area contributed by atoms with Gasteiger partial charge >= 0.3 is 0 Å². The van der Waals surface area contributed by atoms with Crippen molar-refractivity contribution in [1.29, 1.82) is 0 Å². The molecule has 0 amide bonds. The van der Waals surface area contributed by atoms with Crippen LogP contribution in [0.25, 0.3) is 5.69 Å². The lowest BCUT2D eigenvalue weighted by Crippen LogP contribution is -2.15. The molecule has 1 aliphatic rings. The molecule has 1 N–H and O–H groups in total. The fourth-order valence-corrected chi connectivity index (χ4v) is 2.74. The summed E-state index contributed by atoms with van der Waals surface area (Å²) in [6.07, 6.45) is 4.55. The van der Waals surface area contributed by atoms with Crippen LogP contribution in [0.3, 0.4) is 0 Å². The number of nitrogens with zero attached hydrogens (tertiary/aromatic N) is 2. The predicted octanol–water partition coefficient (Wildman–Crippen LogP) is 3.33. The fraction of sp³-hybridized carbons (Fsp3) is 0.308. The Bertz CT molecular complexity index is 544. The first-order valence-electron chi connectivity index (χ1n) is 5.95. The smallest absolute Gasteiger partial charge is 0.133 e. The molecule has 0 unspecified atom stereocenters.